The van der Waals surface area contributed by atoms with E-state index in [1.54, 1.807) is 24.3 Å². The van der Waals surface area contributed by atoms with E-state index < -0.39 is 6.10 Å². The number of benzene rings is 3. The van der Waals surface area contributed by atoms with E-state index in [0.29, 0.717) is 16.7 Å². The van der Waals surface area contributed by atoms with Gasteiger partial charge in [-0.1, -0.05) is 84.9 Å². The highest BCUT2D eigenvalue weighted by molar-refractivity contribution is 6.10. The second-order valence-corrected chi connectivity index (χ2v) is 5.10. The summed E-state index contributed by atoms with van der Waals surface area (Å²) >= 11 is 0. The summed E-state index contributed by atoms with van der Waals surface area (Å²) in [5.41, 5.74) is 2.55. The molecule has 0 saturated heterocycles. The highest BCUT2D eigenvalue weighted by atomic mass is 16.3. The molecule has 22 heavy (non-hydrogen) atoms. The second-order valence-electron chi connectivity index (χ2n) is 5.10. The first kappa shape index (κ1) is 14.2. The Morgan fingerprint density at radius 3 is 1.95 bits per heavy atom. The van der Waals surface area contributed by atoms with Gasteiger partial charge in [-0.15, -0.1) is 0 Å². The zero-order valence-corrected chi connectivity index (χ0v) is 12.0. The van der Waals surface area contributed by atoms with Crippen molar-refractivity contribution in [3.8, 4) is 0 Å². The molecule has 1 N–H and O–H groups in total. The van der Waals surface area contributed by atoms with Crippen molar-refractivity contribution in [3.63, 3.8) is 0 Å². The minimum atomic E-state index is -0.815. The molecule has 0 amide bonds. The molecule has 0 saturated carbocycles. The van der Waals surface area contributed by atoms with Crippen molar-refractivity contribution in [1.29, 1.82) is 0 Å². The average molecular weight is 288 g/mol. The molecule has 0 radical (unpaired) electrons. The second kappa shape index (κ2) is 6.37. The standard InChI is InChI=1S/C20H16O2/c21-19(15-9-3-1-4-10-15)17-13-7-8-14-18(17)20(22)16-11-5-2-6-12-16/h1-14,19,21H. The van der Waals surface area contributed by atoms with E-state index in [9.17, 15) is 9.90 Å². The van der Waals surface area contributed by atoms with Crippen molar-refractivity contribution in [2.45, 2.75) is 6.10 Å². The molecule has 2 nitrogen and oxygen atoms in total. The van der Waals surface area contributed by atoms with Crippen LogP contribution in [0, 0.1) is 0 Å². The number of carbonyl (C=O) groups excluding carboxylic acids is 1. The Morgan fingerprint density at radius 2 is 1.27 bits per heavy atom. The van der Waals surface area contributed by atoms with Crippen LogP contribution in [0.4, 0.5) is 0 Å². The predicted molar refractivity (Wildman–Crippen MR) is 86.8 cm³/mol. The van der Waals surface area contributed by atoms with Crippen molar-refractivity contribution in [2.24, 2.45) is 0 Å². The molecule has 2 heteroatoms. The van der Waals surface area contributed by atoms with E-state index in [1.807, 2.05) is 60.7 Å². The zero-order valence-electron chi connectivity index (χ0n) is 12.0. The number of rotatable bonds is 4. The molecule has 0 aliphatic heterocycles. The van der Waals surface area contributed by atoms with Crippen LogP contribution in [0.15, 0.2) is 84.9 Å². The predicted octanol–water partition coefficient (Wildman–Crippen LogP) is 4.00. The van der Waals surface area contributed by atoms with Crippen LogP contribution in [0.25, 0.3) is 0 Å². The van der Waals surface area contributed by atoms with E-state index in [-0.39, 0.29) is 5.78 Å². The van der Waals surface area contributed by atoms with Crippen molar-refractivity contribution in [1.82, 2.24) is 0 Å². The van der Waals surface area contributed by atoms with Crippen molar-refractivity contribution >= 4 is 5.78 Å². The summed E-state index contributed by atoms with van der Waals surface area (Å²) in [7, 11) is 0. The van der Waals surface area contributed by atoms with Crippen LogP contribution in [0.3, 0.4) is 0 Å². The fraction of sp³-hybridized carbons (Fsp3) is 0.0500. The molecular weight excluding hydrogens is 272 g/mol. The molecule has 0 fully saturated rings. The third-order valence-electron chi connectivity index (χ3n) is 3.65. The van der Waals surface area contributed by atoms with Crippen LogP contribution >= 0.6 is 0 Å². The Hall–Kier alpha value is -2.71. The maximum atomic E-state index is 12.7. The van der Waals surface area contributed by atoms with E-state index in [0.717, 1.165) is 5.56 Å². The summed E-state index contributed by atoms with van der Waals surface area (Å²) in [6.45, 7) is 0. The molecule has 0 aromatic heterocycles. The number of hydrogen-bond acceptors (Lipinski definition) is 2. The molecule has 0 spiro atoms. The topological polar surface area (TPSA) is 37.3 Å². The third kappa shape index (κ3) is 2.83. The fourth-order valence-corrected chi connectivity index (χ4v) is 2.50. The van der Waals surface area contributed by atoms with Gasteiger partial charge in [0.2, 0.25) is 0 Å². The van der Waals surface area contributed by atoms with Gasteiger partial charge in [0, 0.05) is 11.1 Å². The van der Waals surface area contributed by atoms with Gasteiger partial charge in [-0.2, -0.15) is 0 Å². The monoisotopic (exact) mass is 288 g/mol. The lowest BCUT2D eigenvalue weighted by molar-refractivity contribution is 0.103. The number of ketones is 1. The van der Waals surface area contributed by atoms with Crippen molar-refractivity contribution < 1.29 is 9.90 Å². The van der Waals surface area contributed by atoms with Crippen LogP contribution in [0.1, 0.15) is 33.2 Å². The van der Waals surface area contributed by atoms with Gasteiger partial charge in [0.05, 0.1) is 0 Å². The van der Waals surface area contributed by atoms with E-state index in [2.05, 4.69) is 0 Å². The molecule has 0 aliphatic rings. The van der Waals surface area contributed by atoms with Crippen LogP contribution in [0.2, 0.25) is 0 Å². The lowest BCUT2D eigenvalue weighted by atomic mass is 9.92. The summed E-state index contributed by atoms with van der Waals surface area (Å²) in [6, 6.07) is 25.7. The van der Waals surface area contributed by atoms with Crippen LogP contribution in [-0.4, -0.2) is 10.9 Å². The van der Waals surface area contributed by atoms with Gasteiger partial charge >= 0.3 is 0 Å². The molecule has 108 valence electrons. The Labute approximate surface area is 129 Å². The summed E-state index contributed by atoms with van der Waals surface area (Å²) < 4.78 is 0. The van der Waals surface area contributed by atoms with Gasteiger partial charge in [0.25, 0.3) is 0 Å². The Kier molecular flexibility index (Phi) is 4.12. The number of carbonyl (C=O) groups is 1. The SMILES string of the molecule is O=C(c1ccccc1)c1ccccc1C(O)c1ccccc1. The van der Waals surface area contributed by atoms with Crippen molar-refractivity contribution in [2.75, 3.05) is 0 Å². The Bertz CT molecular complexity index is 764. The van der Waals surface area contributed by atoms with Crippen molar-refractivity contribution in [3.05, 3.63) is 107 Å². The largest absolute Gasteiger partial charge is 0.384 e. The molecular formula is C20H16O2. The minimum absolute atomic E-state index is 0.0776. The maximum absolute atomic E-state index is 12.7. The number of aliphatic hydroxyl groups is 1. The summed E-state index contributed by atoms with van der Waals surface area (Å²) in [6.07, 6.45) is -0.815. The Morgan fingerprint density at radius 1 is 0.727 bits per heavy atom. The molecule has 0 aliphatic carbocycles. The number of hydrogen-bond donors (Lipinski definition) is 1. The lowest BCUT2D eigenvalue weighted by Crippen LogP contribution is -2.09. The molecule has 3 rings (SSSR count). The molecule has 3 aromatic rings. The fourth-order valence-electron chi connectivity index (χ4n) is 2.50. The van der Waals surface area contributed by atoms with Gasteiger partial charge in [-0.25, -0.2) is 0 Å². The van der Waals surface area contributed by atoms with Crippen LogP contribution < -0.4 is 0 Å². The molecule has 1 atom stereocenters. The third-order valence-corrected chi connectivity index (χ3v) is 3.65. The highest BCUT2D eigenvalue weighted by Crippen LogP contribution is 2.26. The zero-order chi connectivity index (χ0) is 15.4. The van der Waals surface area contributed by atoms with E-state index in [4.69, 9.17) is 0 Å². The average Bonchev–Trinajstić information content (AvgIpc) is 2.62. The lowest BCUT2D eigenvalue weighted by Gasteiger charge is -2.15. The van der Waals surface area contributed by atoms with Gasteiger partial charge in [-0.05, 0) is 11.1 Å². The summed E-state index contributed by atoms with van der Waals surface area (Å²) in [4.78, 5) is 12.7. The van der Waals surface area contributed by atoms with Gasteiger partial charge in [0.15, 0.2) is 5.78 Å². The summed E-state index contributed by atoms with van der Waals surface area (Å²) in [5.74, 6) is -0.0776. The normalized spacial score (nSPS) is 11.9. The highest BCUT2D eigenvalue weighted by Gasteiger charge is 2.19. The molecule has 0 heterocycles. The first-order valence-corrected chi connectivity index (χ1v) is 7.19. The van der Waals surface area contributed by atoms with E-state index >= 15 is 0 Å². The molecule has 1 unspecified atom stereocenters. The van der Waals surface area contributed by atoms with Gasteiger partial charge in [-0.3, -0.25) is 4.79 Å². The first-order valence-electron chi connectivity index (χ1n) is 7.19. The number of aliphatic hydroxyl groups excluding tert-OH is 1. The molecule has 3 aromatic carbocycles. The molecule has 0 bridgehead atoms. The quantitative estimate of drug-likeness (QED) is 0.737. The van der Waals surface area contributed by atoms with Crippen LogP contribution in [-0.2, 0) is 0 Å². The minimum Gasteiger partial charge on any atom is -0.384 e. The smallest absolute Gasteiger partial charge is 0.193 e. The Balaban J connectivity index is 2.02. The first-order chi connectivity index (χ1) is 10.8. The maximum Gasteiger partial charge on any atom is 0.193 e. The summed E-state index contributed by atoms with van der Waals surface area (Å²) in [5, 5.41) is 10.6. The van der Waals surface area contributed by atoms with Gasteiger partial charge in [0.1, 0.15) is 6.10 Å². The van der Waals surface area contributed by atoms with E-state index in [1.165, 1.54) is 0 Å². The van der Waals surface area contributed by atoms with Crippen LogP contribution in [0.5, 0.6) is 0 Å². The van der Waals surface area contributed by atoms with Gasteiger partial charge < -0.3 is 5.11 Å².